The molecular formula is C15H20N4. The molecule has 1 aliphatic rings. The zero-order valence-electron chi connectivity index (χ0n) is 11.1. The molecular weight excluding hydrogens is 236 g/mol. The number of nitrogens with one attached hydrogen (secondary N) is 1. The van der Waals surface area contributed by atoms with Crippen LogP contribution in [0, 0.1) is 0 Å². The van der Waals surface area contributed by atoms with Gasteiger partial charge in [0.1, 0.15) is 0 Å². The van der Waals surface area contributed by atoms with Gasteiger partial charge in [-0.2, -0.15) is 0 Å². The van der Waals surface area contributed by atoms with Crippen molar-refractivity contribution in [3.63, 3.8) is 0 Å². The number of piperazine rings is 1. The molecule has 0 saturated carbocycles. The fourth-order valence-electron chi connectivity index (χ4n) is 2.53. The van der Waals surface area contributed by atoms with E-state index in [4.69, 9.17) is 0 Å². The molecule has 0 aliphatic carbocycles. The van der Waals surface area contributed by atoms with Crippen molar-refractivity contribution in [1.82, 2.24) is 19.8 Å². The molecule has 1 saturated heterocycles. The van der Waals surface area contributed by atoms with Crippen molar-refractivity contribution in [2.45, 2.75) is 6.54 Å². The largest absolute Gasteiger partial charge is 0.329 e. The second-order valence-electron chi connectivity index (χ2n) is 4.93. The third kappa shape index (κ3) is 3.03. The number of aromatic nitrogens is 2. The van der Waals surface area contributed by atoms with Crippen LogP contribution in [0.5, 0.6) is 0 Å². The molecule has 1 aromatic carbocycles. The van der Waals surface area contributed by atoms with Crippen LogP contribution < -0.4 is 5.32 Å². The molecule has 2 aromatic rings. The minimum absolute atomic E-state index is 1.00. The molecule has 0 radical (unpaired) electrons. The molecule has 100 valence electrons. The molecule has 0 amide bonds. The number of benzene rings is 1. The van der Waals surface area contributed by atoms with Crippen LogP contribution >= 0.6 is 0 Å². The molecule has 0 bridgehead atoms. The molecule has 19 heavy (non-hydrogen) atoms. The summed E-state index contributed by atoms with van der Waals surface area (Å²) >= 11 is 0. The van der Waals surface area contributed by atoms with Crippen LogP contribution in [0.4, 0.5) is 0 Å². The third-order valence-corrected chi connectivity index (χ3v) is 3.65. The zero-order chi connectivity index (χ0) is 12.9. The summed E-state index contributed by atoms with van der Waals surface area (Å²) in [6.45, 7) is 6.61. The maximum Gasteiger partial charge on any atom is 0.0951 e. The zero-order valence-corrected chi connectivity index (χ0v) is 11.1. The lowest BCUT2D eigenvalue weighted by atomic mass is 10.2. The highest BCUT2D eigenvalue weighted by Gasteiger charge is 2.10. The van der Waals surface area contributed by atoms with Crippen LogP contribution in [-0.2, 0) is 6.54 Å². The van der Waals surface area contributed by atoms with Crippen LogP contribution in [0.2, 0.25) is 0 Å². The van der Waals surface area contributed by atoms with Gasteiger partial charge in [0.2, 0.25) is 0 Å². The summed E-state index contributed by atoms with van der Waals surface area (Å²) in [6, 6.07) is 10.5. The Morgan fingerprint density at radius 2 is 1.84 bits per heavy atom. The quantitative estimate of drug-likeness (QED) is 0.899. The Morgan fingerprint density at radius 1 is 1.05 bits per heavy atom. The van der Waals surface area contributed by atoms with Crippen LogP contribution in [0.1, 0.15) is 0 Å². The molecule has 0 atom stereocenters. The van der Waals surface area contributed by atoms with E-state index in [1.165, 1.54) is 11.3 Å². The van der Waals surface area contributed by atoms with Crippen molar-refractivity contribution in [1.29, 1.82) is 0 Å². The van der Waals surface area contributed by atoms with E-state index in [1.54, 1.807) is 0 Å². The Hall–Kier alpha value is -1.65. The van der Waals surface area contributed by atoms with Gasteiger partial charge in [0.25, 0.3) is 0 Å². The second-order valence-corrected chi connectivity index (χ2v) is 4.93. The van der Waals surface area contributed by atoms with Gasteiger partial charge in [0.05, 0.1) is 18.2 Å². The van der Waals surface area contributed by atoms with Gasteiger partial charge in [-0.25, -0.2) is 4.98 Å². The highest BCUT2D eigenvalue weighted by molar-refractivity contribution is 5.58. The normalized spacial score (nSPS) is 16.6. The number of hydrogen-bond acceptors (Lipinski definition) is 3. The average Bonchev–Trinajstić information content (AvgIpc) is 2.95. The van der Waals surface area contributed by atoms with Crippen molar-refractivity contribution in [3.8, 4) is 11.3 Å². The van der Waals surface area contributed by atoms with Gasteiger partial charge in [-0.05, 0) is 5.56 Å². The summed E-state index contributed by atoms with van der Waals surface area (Å²) in [5.74, 6) is 0. The number of imidazole rings is 1. The van der Waals surface area contributed by atoms with Gasteiger partial charge in [-0.15, -0.1) is 0 Å². The molecule has 1 fully saturated rings. The number of rotatable bonds is 4. The minimum atomic E-state index is 1.00. The summed E-state index contributed by atoms with van der Waals surface area (Å²) in [7, 11) is 0. The lowest BCUT2D eigenvalue weighted by Crippen LogP contribution is -2.44. The highest BCUT2D eigenvalue weighted by Crippen LogP contribution is 2.18. The molecule has 2 heterocycles. The summed E-state index contributed by atoms with van der Waals surface area (Å²) < 4.78 is 2.25. The van der Waals surface area contributed by atoms with E-state index in [-0.39, 0.29) is 0 Å². The van der Waals surface area contributed by atoms with Gasteiger partial charge in [0.15, 0.2) is 0 Å². The standard InChI is InChI=1S/C15H20N4/c1-2-4-14(5-3-1)15-12-17-13-19(15)11-10-18-8-6-16-7-9-18/h1-5,12-13,16H,6-11H2. The van der Waals surface area contributed by atoms with Crippen LogP contribution in [0.15, 0.2) is 42.9 Å². The molecule has 4 heteroatoms. The number of hydrogen-bond donors (Lipinski definition) is 1. The van der Waals surface area contributed by atoms with Gasteiger partial charge >= 0.3 is 0 Å². The van der Waals surface area contributed by atoms with Gasteiger partial charge < -0.3 is 9.88 Å². The first-order chi connectivity index (χ1) is 9.43. The van der Waals surface area contributed by atoms with Crippen LogP contribution in [0.3, 0.4) is 0 Å². The van der Waals surface area contributed by atoms with Crippen molar-refractivity contribution in [2.75, 3.05) is 32.7 Å². The Balaban J connectivity index is 1.67. The Bertz CT molecular complexity index is 500. The molecule has 0 unspecified atom stereocenters. The van der Waals surface area contributed by atoms with Gasteiger partial charge in [-0.1, -0.05) is 30.3 Å². The van der Waals surface area contributed by atoms with Gasteiger partial charge in [0, 0.05) is 39.3 Å². The molecule has 0 spiro atoms. The Labute approximate surface area is 114 Å². The van der Waals surface area contributed by atoms with Crippen LogP contribution in [-0.4, -0.2) is 47.2 Å². The first kappa shape index (κ1) is 12.4. The summed E-state index contributed by atoms with van der Waals surface area (Å²) in [5, 5.41) is 3.38. The van der Waals surface area contributed by atoms with E-state index in [1.807, 2.05) is 18.6 Å². The summed E-state index contributed by atoms with van der Waals surface area (Å²) in [4.78, 5) is 6.80. The summed E-state index contributed by atoms with van der Waals surface area (Å²) in [5.41, 5.74) is 2.44. The van der Waals surface area contributed by atoms with Crippen molar-refractivity contribution >= 4 is 0 Å². The third-order valence-electron chi connectivity index (χ3n) is 3.65. The SMILES string of the molecule is c1ccc(-c2cncn2CCN2CCNCC2)cc1. The van der Waals surface area contributed by atoms with Crippen LogP contribution in [0.25, 0.3) is 11.3 Å². The molecule has 4 nitrogen and oxygen atoms in total. The minimum Gasteiger partial charge on any atom is -0.329 e. The molecule has 1 aliphatic heterocycles. The fourth-order valence-corrected chi connectivity index (χ4v) is 2.53. The van der Waals surface area contributed by atoms with E-state index < -0.39 is 0 Å². The van der Waals surface area contributed by atoms with E-state index in [0.29, 0.717) is 0 Å². The lowest BCUT2D eigenvalue weighted by molar-refractivity contribution is 0.233. The maximum absolute atomic E-state index is 4.29. The second kappa shape index (κ2) is 5.99. The van der Waals surface area contributed by atoms with E-state index in [9.17, 15) is 0 Å². The highest BCUT2D eigenvalue weighted by atomic mass is 15.2. The predicted octanol–water partition coefficient (Wildman–Crippen LogP) is 1.46. The first-order valence-corrected chi connectivity index (χ1v) is 6.92. The van der Waals surface area contributed by atoms with Crippen molar-refractivity contribution < 1.29 is 0 Å². The van der Waals surface area contributed by atoms with E-state index in [2.05, 4.69) is 44.0 Å². The van der Waals surface area contributed by atoms with Crippen molar-refractivity contribution in [3.05, 3.63) is 42.9 Å². The smallest absolute Gasteiger partial charge is 0.0951 e. The van der Waals surface area contributed by atoms with E-state index in [0.717, 1.165) is 39.3 Å². The Kier molecular flexibility index (Phi) is 3.91. The molecule has 1 N–H and O–H groups in total. The van der Waals surface area contributed by atoms with Gasteiger partial charge in [-0.3, -0.25) is 4.90 Å². The fraction of sp³-hybridized carbons (Fsp3) is 0.400. The summed E-state index contributed by atoms with van der Waals surface area (Å²) in [6.07, 6.45) is 3.89. The predicted molar refractivity (Wildman–Crippen MR) is 77.0 cm³/mol. The molecule has 1 aromatic heterocycles. The van der Waals surface area contributed by atoms with Crippen molar-refractivity contribution in [2.24, 2.45) is 0 Å². The average molecular weight is 256 g/mol. The maximum atomic E-state index is 4.29. The lowest BCUT2D eigenvalue weighted by Gasteiger charge is -2.27. The first-order valence-electron chi connectivity index (χ1n) is 6.92. The van der Waals surface area contributed by atoms with E-state index >= 15 is 0 Å². The number of nitrogens with zero attached hydrogens (tertiary/aromatic N) is 3. The Morgan fingerprint density at radius 3 is 2.63 bits per heavy atom. The topological polar surface area (TPSA) is 33.1 Å². The molecule has 3 rings (SSSR count). The monoisotopic (exact) mass is 256 g/mol.